The predicted octanol–water partition coefficient (Wildman–Crippen LogP) is 2.03. The molecule has 0 aliphatic carbocycles. The van der Waals surface area contributed by atoms with E-state index < -0.39 is 10.0 Å². The van der Waals surface area contributed by atoms with Crippen molar-refractivity contribution >= 4 is 21.6 Å². The zero-order valence-electron chi connectivity index (χ0n) is 13.9. The van der Waals surface area contributed by atoms with E-state index >= 15 is 0 Å². The summed E-state index contributed by atoms with van der Waals surface area (Å²) in [5, 5.41) is 0. The van der Waals surface area contributed by atoms with Gasteiger partial charge in [0.05, 0.1) is 12.0 Å². The number of anilines is 1. The minimum Gasteiger partial charge on any atom is -0.497 e. The fourth-order valence-corrected chi connectivity index (χ4v) is 3.96. The van der Waals surface area contributed by atoms with Gasteiger partial charge in [-0.15, -0.1) is 0 Å². The Hall–Kier alpha value is -2.38. The normalized spacial score (nSPS) is 17.7. The minimum atomic E-state index is -3.61. The third-order valence-corrected chi connectivity index (χ3v) is 5.64. The van der Waals surface area contributed by atoms with Gasteiger partial charge >= 0.3 is 0 Å². The molecule has 6 nitrogen and oxygen atoms in total. The van der Waals surface area contributed by atoms with Crippen LogP contribution in [-0.2, 0) is 14.8 Å². The Balaban J connectivity index is 1.62. The van der Waals surface area contributed by atoms with Gasteiger partial charge in [-0.3, -0.25) is 4.79 Å². The average Bonchev–Trinajstić information content (AvgIpc) is 3.02. The number of hydrogen-bond donors (Lipinski definition) is 1. The summed E-state index contributed by atoms with van der Waals surface area (Å²) in [7, 11) is -2.08. The number of methoxy groups -OCH3 is 1. The quantitative estimate of drug-likeness (QED) is 0.855. The van der Waals surface area contributed by atoms with Crippen LogP contribution in [0.1, 0.15) is 6.42 Å². The molecule has 0 aromatic heterocycles. The molecule has 2 aromatic rings. The largest absolute Gasteiger partial charge is 0.497 e. The summed E-state index contributed by atoms with van der Waals surface area (Å²) < 4.78 is 32.4. The van der Waals surface area contributed by atoms with Crippen LogP contribution in [0.4, 0.5) is 5.69 Å². The maximum absolute atomic E-state index is 12.4. The van der Waals surface area contributed by atoms with E-state index in [-0.39, 0.29) is 23.3 Å². The number of para-hydroxylation sites is 1. The minimum absolute atomic E-state index is 0.0137. The van der Waals surface area contributed by atoms with Gasteiger partial charge < -0.3 is 9.64 Å². The summed E-state index contributed by atoms with van der Waals surface area (Å²) in [6.45, 7) is 0.734. The molecule has 1 heterocycles. The first-order chi connectivity index (χ1) is 12.0. The lowest BCUT2D eigenvalue weighted by atomic mass is 10.1. The molecule has 2 aromatic carbocycles. The Kier molecular flexibility index (Phi) is 5.06. The van der Waals surface area contributed by atoms with Gasteiger partial charge in [0, 0.05) is 25.2 Å². The van der Waals surface area contributed by atoms with Crippen LogP contribution in [0.2, 0.25) is 0 Å². The van der Waals surface area contributed by atoms with E-state index in [2.05, 4.69) is 4.72 Å². The van der Waals surface area contributed by atoms with Gasteiger partial charge in [-0.1, -0.05) is 18.2 Å². The molecule has 0 radical (unpaired) electrons. The Morgan fingerprint density at radius 1 is 1.12 bits per heavy atom. The molecule has 25 heavy (non-hydrogen) atoms. The molecule has 1 unspecified atom stereocenters. The van der Waals surface area contributed by atoms with Crippen LogP contribution in [0.3, 0.4) is 0 Å². The van der Waals surface area contributed by atoms with Gasteiger partial charge in [-0.25, -0.2) is 13.1 Å². The number of nitrogens with one attached hydrogen (secondary N) is 1. The molecule has 1 atom stereocenters. The number of nitrogens with zero attached hydrogens (tertiary/aromatic N) is 1. The molecule has 1 N–H and O–H groups in total. The lowest BCUT2D eigenvalue weighted by Crippen LogP contribution is -2.31. The molecule has 132 valence electrons. The van der Waals surface area contributed by atoms with E-state index in [0.717, 1.165) is 5.69 Å². The Bertz CT molecular complexity index is 835. The third-order valence-electron chi connectivity index (χ3n) is 4.20. The second-order valence-electron chi connectivity index (χ2n) is 5.94. The van der Waals surface area contributed by atoms with Crippen molar-refractivity contribution in [3.63, 3.8) is 0 Å². The number of sulfonamides is 1. The number of carbonyl (C=O) groups excluding carboxylic acids is 1. The summed E-state index contributed by atoms with van der Waals surface area (Å²) in [6.07, 6.45) is 0.333. The highest BCUT2D eigenvalue weighted by molar-refractivity contribution is 7.89. The highest BCUT2D eigenvalue weighted by atomic mass is 32.2. The molecule has 3 rings (SSSR count). The van der Waals surface area contributed by atoms with Crippen LogP contribution in [0.25, 0.3) is 0 Å². The Morgan fingerprint density at radius 2 is 1.80 bits per heavy atom. The van der Waals surface area contributed by atoms with Crippen molar-refractivity contribution < 1.29 is 17.9 Å². The van der Waals surface area contributed by atoms with Gasteiger partial charge in [0.15, 0.2) is 0 Å². The summed E-state index contributed by atoms with van der Waals surface area (Å²) in [4.78, 5) is 14.1. The summed E-state index contributed by atoms with van der Waals surface area (Å²) >= 11 is 0. The summed E-state index contributed by atoms with van der Waals surface area (Å²) in [5.41, 5.74) is 0.841. The van der Waals surface area contributed by atoms with Gasteiger partial charge in [-0.2, -0.15) is 0 Å². The number of ether oxygens (including phenoxy) is 1. The van der Waals surface area contributed by atoms with E-state index in [4.69, 9.17) is 4.74 Å². The maximum Gasteiger partial charge on any atom is 0.240 e. The number of benzene rings is 2. The van der Waals surface area contributed by atoms with E-state index in [0.29, 0.717) is 18.7 Å². The van der Waals surface area contributed by atoms with E-state index in [1.807, 2.05) is 30.3 Å². The smallest absolute Gasteiger partial charge is 0.240 e. The molecule has 7 heteroatoms. The van der Waals surface area contributed by atoms with Gasteiger partial charge in [-0.05, 0) is 42.3 Å². The molecular formula is C18H20N2O4S. The first kappa shape index (κ1) is 17.4. The van der Waals surface area contributed by atoms with Crippen molar-refractivity contribution in [1.82, 2.24) is 4.72 Å². The molecule has 0 saturated carbocycles. The van der Waals surface area contributed by atoms with Crippen molar-refractivity contribution in [3.05, 3.63) is 54.6 Å². The maximum atomic E-state index is 12.4. The van der Waals surface area contributed by atoms with E-state index in [1.165, 1.54) is 19.2 Å². The molecule has 1 aliphatic rings. The first-order valence-electron chi connectivity index (χ1n) is 7.99. The fourth-order valence-electron chi connectivity index (χ4n) is 2.84. The van der Waals surface area contributed by atoms with Crippen LogP contribution in [-0.4, -0.2) is 34.5 Å². The third kappa shape index (κ3) is 4.00. The predicted molar refractivity (Wildman–Crippen MR) is 95.1 cm³/mol. The molecular weight excluding hydrogens is 340 g/mol. The summed E-state index contributed by atoms with van der Waals surface area (Å²) in [6, 6.07) is 15.6. The topological polar surface area (TPSA) is 75.7 Å². The van der Waals surface area contributed by atoms with Crippen molar-refractivity contribution in [2.45, 2.75) is 11.3 Å². The standard InChI is InChI=1S/C18H20N2O4S/c1-24-16-7-9-17(10-8-16)25(22,23)19-12-14-11-18(21)20(13-14)15-5-3-2-4-6-15/h2-10,14,19H,11-13H2,1H3. The number of rotatable bonds is 6. The SMILES string of the molecule is COc1ccc(S(=O)(=O)NCC2CC(=O)N(c3ccccc3)C2)cc1. The van der Waals surface area contributed by atoms with Crippen LogP contribution in [0.5, 0.6) is 5.75 Å². The van der Waals surface area contributed by atoms with E-state index in [9.17, 15) is 13.2 Å². The number of amides is 1. The van der Waals surface area contributed by atoms with E-state index in [1.54, 1.807) is 17.0 Å². The van der Waals surface area contributed by atoms with Crippen molar-refractivity contribution in [3.8, 4) is 5.75 Å². The number of carbonyl (C=O) groups is 1. The van der Waals surface area contributed by atoms with Crippen LogP contribution in [0, 0.1) is 5.92 Å². The molecule has 1 saturated heterocycles. The monoisotopic (exact) mass is 360 g/mol. The van der Waals surface area contributed by atoms with Gasteiger partial charge in [0.2, 0.25) is 15.9 Å². The molecule has 0 spiro atoms. The zero-order valence-corrected chi connectivity index (χ0v) is 14.7. The van der Waals surface area contributed by atoms with Crippen molar-refractivity contribution in [1.29, 1.82) is 0 Å². The van der Waals surface area contributed by atoms with Gasteiger partial charge in [0.1, 0.15) is 5.75 Å². The Labute approximate surface area is 147 Å². The molecule has 1 amide bonds. The van der Waals surface area contributed by atoms with Crippen LogP contribution >= 0.6 is 0 Å². The second kappa shape index (κ2) is 7.25. The molecule has 0 bridgehead atoms. The van der Waals surface area contributed by atoms with Crippen LogP contribution < -0.4 is 14.4 Å². The summed E-state index contributed by atoms with van der Waals surface area (Å²) in [5.74, 6) is 0.555. The average molecular weight is 360 g/mol. The second-order valence-corrected chi connectivity index (χ2v) is 7.70. The lowest BCUT2D eigenvalue weighted by Gasteiger charge is -2.17. The first-order valence-corrected chi connectivity index (χ1v) is 9.47. The molecule has 1 fully saturated rings. The highest BCUT2D eigenvalue weighted by Crippen LogP contribution is 2.24. The lowest BCUT2D eigenvalue weighted by molar-refractivity contribution is -0.117. The fraction of sp³-hybridized carbons (Fsp3) is 0.278. The molecule has 1 aliphatic heterocycles. The highest BCUT2D eigenvalue weighted by Gasteiger charge is 2.31. The van der Waals surface area contributed by atoms with Crippen molar-refractivity contribution in [2.75, 3.05) is 25.1 Å². The van der Waals surface area contributed by atoms with Crippen molar-refractivity contribution in [2.24, 2.45) is 5.92 Å². The van der Waals surface area contributed by atoms with Crippen LogP contribution in [0.15, 0.2) is 59.5 Å². The van der Waals surface area contributed by atoms with Gasteiger partial charge in [0.25, 0.3) is 0 Å². The zero-order chi connectivity index (χ0) is 17.9. The number of hydrogen-bond acceptors (Lipinski definition) is 4. The Morgan fingerprint density at radius 3 is 2.44 bits per heavy atom.